The molecule has 0 aliphatic carbocycles. The van der Waals surface area contributed by atoms with Crippen LogP contribution in [0.3, 0.4) is 0 Å². The molecule has 0 fully saturated rings. The largest absolute Gasteiger partial charge is 0.494 e. The van der Waals surface area contributed by atoms with Crippen molar-refractivity contribution < 1.29 is 31.8 Å². The third kappa shape index (κ3) is 5.88. The average molecular weight is 568 g/mol. The Balaban J connectivity index is 1.82. The van der Waals surface area contributed by atoms with E-state index in [4.69, 9.17) is 18.9 Å². The van der Waals surface area contributed by atoms with E-state index in [-0.39, 0.29) is 22.8 Å². The Morgan fingerprint density at radius 2 is 1.68 bits per heavy atom. The molecule has 4 rings (SSSR count). The summed E-state index contributed by atoms with van der Waals surface area (Å²) in [5, 5.41) is 17.9. The minimum absolute atomic E-state index is 0.0182. The highest BCUT2D eigenvalue weighted by Crippen LogP contribution is 2.37. The predicted octanol–water partition coefficient (Wildman–Crippen LogP) is 3.67. The summed E-state index contributed by atoms with van der Waals surface area (Å²) in [4.78, 5) is 4.44. The van der Waals surface area contributed by atoms with Gasteiger partial charge in [-0.3, -0.25) is 4.57 Å². The van der Waals surface area contributed by atoms with Crippen molar-refractivity contribution in [2.24, 2.45) is 0 Å². The number of nitrogens with zero attached hydrogens (tertiary/aromatic N) is 5. The molecule has 0 aliphatic heterocycles. The molecule has 11 nitrogen and oxygen atoms in total. The first-order valence-corrected chi connectivity index (χ1v) is 13.7. The summed E-state index contributed by atoms with van der Waals surface area (Å²) < 4.78 is 64.1. The number of ether oxygens (including phenoxy) is 4. The molecule has 208 valence electrons. The zero-order valence-electron chi connectivity index (χ0n) is 22.2. The molecular formula is C27H26FN5O6S. The fraction of sp³-hybridized carbons (Fsp3) is 0.259. The minimum atomic E-state index is -3.96. The lowest BCUT2D eigenvalue weighted by molar-refractivity contribution is 0.121. The highest BCUT2D eigenvalue weighted by molar-refractivity contribution is 7.90. The summed E-state index contributed by atoms with van der Waals surface area (Å²) in [5.74, 6) is -0.333. The molecule has 40 heavy (non-hydrogen) atoms. The second-order valence-electron chi connectivity index (χ2n) is 8.47. The summed E-state index contributed by atoms with van der Waals surface area (Å²) in [7, 11) is 1.78. The molecule has 2 aromatic heterocycles. The van der Waals surface area contributed by atoms with Crippen LogP contribution in [0, 0.1) is 17.1 Å². The molecule has 0 amide bonds. The van der Waals surface area contributed by atoms with Gasteiger partial charge in [-0.15, -0.1) is 10.2 Å². The Morgan fingerprint density at radius 3 is 2.30 bits per heavy atom. The predicted molar refractivity (Wildman–Crippen MR) is 143 cm³/mol. The van der Waals surface area contributed by atoms with Crippen LogP contribution in [0.1, 0.15) is 23.1 Å². The molecule has 2 heterocycles. The van der Waals surface area contributed by atoms with Crippen LogP contribution in [0.5, 0.6) is 17.4 Å². The fourth-order valence-corrected chi connectivity index (χ4v) is 5.67. The van der Waals surface area contributed by atoms with Gasteiger partial charge < -0.3 is 18.9 Å². The first-order valence-electron chi connectivity index (χ1n) is 11.8. The van der Waals surface area contributed by atoms with Gasteiger partial charge in [0.25, 0.3) is 0 Å². The number of rotatable bonds is 11. The summed E-state index contributed by atoms with van der Waals surface area (Å²) >= 11 is 0. The van der Waals surface area contributed by atoms with E-state index in [1.54, 1.807) is 36.4 Å². The van der Waals surface area contributed by atoms with E-state index >= 15 is 0 Å². The average Bonchev–Trinajstić information content (AvgIpc) is 3.37. The molecule has 1 atom stereocenters. The van der Waals surface area contributed by atoms with Crippen molar-refractivity contribution in [2.75, 3.05) is 34.2 Å². The highest BCUT2D eigenvalue weighted by Gasteiger charge is 2.29. The van der Waals surface area contributed by atoms with Crippen molar-refractivity contribution in [1.82, 2.24) is 19.7 Å². The van der Waals surface area contributed by atoms with Crippen LogP contribution in [-0.2, 0) is 20.3 Å². The molecule has 0 radical (unpaired) electrons. The zero-order valence-corrected chi connectivity index (χ0v) is 23.0. The van der Waals surface area contributed by atoms with Crippen molar-refractivity contribution in [1.29, 1.82) is 5.26 Å². The van der Waals surface area contributed by atoms with Gasteiger partial charge in [0.15, 0.2) is 21.5 Å². The standard InChI is InChI=1S/C27H26FN5O6S/c1-36-21-8-6-9-22(37-2)26(21)33-24(31-32-27(33)20-7-5-10-25(30-20)39-4)16-40(34,35)15-23(38-3)19-12-11-18(28)13-17(19)14-29/h5-13,23H,15-16H2,1-4H3/t23-/m0/s1. The smallest absolute Gasteiger partial charge is 0.213 e. The first kappa shape index (κ1) is 28.5. The van der Waals surface area contributed by atoms with Gasteiger partial charge in [-0.25, -0.2) is 17.8 Å². The normalized spacial score (nSPS) is 12.0. The topological polar surface area (TPSA) is 138 Å². The van der Waals surface area contributed by atoms with Crippen LogP contribution in [0.25, 0.3) is 17.2 Å². The number of methoxy groups -OCH3 is 4. The second kappa shape index (κ2) is 12.1. The van der Waals surface area contributed by atoms with Crippen molar-refractivity contribution in [2.45, 2.75) is 11.9 Å². The molecular weight excluding hydrogens is 541 g/mol. The molecule has 0 N–H and O–H groups in total. The number of sulfone groups is 1. The van der Waals surface area contributed by atoms with E-state index in [9.17, 15) is 18.1 Å². The number of nitriles is 1. The van der Waals surface area contributed by atoms with Crippen LogP contribution in [0.4, 0.5) is 4.39 Å². The monoisotopic (exact) mass is 567 g/mol. The lowest BCUT2D eigenvalue weighted by atomic mass is 10.0. The lowest BCUT2D eigenvalue weighted by Gasteiger charge is -2.19. The molecule has 2 aromatic carbocycles. The van der Waals surface area contributed by atoms with E-state index in [1.165, 1.54) is 39.1 Å². The van der Waals surface area contributed by atoms with Crippen LogP contribution >= 0.6 is 0 Å². The Bertz CT molecular complexity index is 1650. The molecule has 0 unspecified atom stereocenters. The molecule has 0 saturated carbocycles. The van der Waals surface area contributed by atoms with Gasteiger partial charge in [-0.2, -0.15) is 5.26 Å². The quantitative estimate of drug-likeness (QED) is 0.264. The third-order valence-electron chi connectivity index (χ3n) is 6.04. The fourth-order valence-electron chi connectivity index (χ4n) is 4.19. The summed E-state index contributed by atoms with van der Waals surface area (Å²) in [6.45, 7) is 0. The van der Waals surface area contributed by atoms with E-state index in [2.05, 4.69) is 15.2 Å². The number of hydrogen-bond acceptors (Lipinski definition) is 10. The van der Waals surface area contributed by atoms with Crippen LogP contribution < -0.4 is 14.2 Å². The molecule has 13 heteroatoms. The number of aromatic nitrogens is 4. The van der Waals surface area contributed by atoms with Crippen LogP contribution in [0.2, 0.25) is 0 Å². The zero-order chi connectivity index (χ0) is 28.9. The van der Waals surface area contributed by atoms with Gasteiger partial charge in [0.1, 0.15) is 34.5 Å². The first-order chi connectivity index (χ1) is 19.2. The van der Waals surface area contributed by atoms with Crippen molar-refractivity contribution >= 4 is 9.84 Å². The van der Waals surface area contributed by atoms with E-state index in [1.807, 2.05) is 6.07 Å². The Kier molecular flexibility index (Phi) is 8.61. The number of hydrogen-bond donors (Lipinski definition) is 0. The Labute approximate surface area is 230 Å². The highest BCUT2D eigenvalue weighted by atomic mass is 32.2. The van der Waals surface area contributed by atoms with Crippen molar-refractivity contribution in [3.63, 3.8) is 0 Å². The van der Waals surface area contributed by atoms with Gasteiger partial charge in [0.2, 0.25) is 5.88 Å². The third-order valence-corrected chi connectivity index (χ3v) is 7.55. The Hall–Kier alpha value is -4.54. The summed E-state index contributed by atoms with van der Waals surface area (Å²) in [5.41, 5.74) is 0.971. The Morgan fingerprint density at radius 1 is 0.975 bits per heavy atom. The second-order valence-corrected chi connectivity index (χ2v) is 10.6. The minimum Gasteiger partial charge on any atom is -0.494 e. The number of para-hydroxylation sites is 1. The molecule has 0 aliphatic rings. The van der Waals surface area contributed by atoms with Crippen molar-refractivity contribution in [3.8, 4) is 40.7 Å². The molecule has 0 bridgehead atoms. The summed E-state index contributed by atoms with van der Waals surface area (Å²) in [6, 6.07) is 15.6. The number of pyridine rings is 1. The van der Waals surface area contributed by atoms with Gasteiger partial charge in [0.05, 0.1) is 44.8 Å². The maximum Gasteiger partial charge on any atom is 0.213 e. The van der Waals surface area contributed by atoms with Gasteiger partial charge in [-0.1, -0.05) is 18.2 Å². The summed E-state index contributed by atoms with van der Waals surface area (Å²) in [6.07, 6.45) is -1.03. The van der Waals surface area contributed by atoms with Gasteiger partial charge >= 0.3 is 0 Å². The van der Waals surface area contributed by atoms with E-state index in [0.717, 1.165) is 12.1 Å². The van der Waals surface area contributed by atoms with Crippen molar-refractivity contribution in [3.05, 3.63) is 77.4 Å². The van der Waals surface area contributed by atoms with Gasteiger partial charge in [0, 0.05) is 13.2 Å². The maximum atomic E-state index is 13.7. The lowest BCUT2D eigenvalue weighted by Crippen LogP contribution is -2.21. The van der Waals surface area contributed by atoms with E-state index < -0.39 is 33.3 Å². The van der Waals surface area contributed by atoms with Crippen LogP contribution in [0.15, 0.2) is 54.6 Å². The van der Waals surface area contributed by atoms with Gasteiger partial charge in [-0.05, 0) is 35.9 Å². The number of halogens is 1. The molecule has 0 saturated heterocycles. The van der Waals surface area contributed by atoms with Crippen LogP contribution in [-0.4, -0.2) is 62.4 Å². The SMILES string of the molecule is COc1cccc(-c2nnc(CS(=O)(=O)C[C@H](OC)c3ccc(F)cc3C#N)n2-c2c(OC)cccc2OC)n1. The maximum absolute atomic E-state index is 13.7. The molecule has 4 aromatic rings. The van der Waals surface area contributed by atoms with E-state index in [0.29, 0.717) is 28.8 Å². The molecule has 0 spiro atoms. The number of benzene rings is 2.